The van der Waals surface area contributed by atoms with Gasteiger partial charge in [-0.05, 0) is 58.5 Å². The molecule has 0 fully saturated rings. The SMILES string of the molecule is CCOCCN(C)CC(NC)c1c(C)cc(C)cc1C. The standard InChI is InChI=1S/C17H30N2O/c1-7-20-9-8-19(6)12-16(18-5)17-14(3)10-13(2)11-15(17)4/h10-11,16,18H,7-9,12H2,1-6H3. The third kappa shape index (κ3) is 4.89. The monoisotopic (exact) mass is 278 g/mol. The van der Waals surface area contributed by atoms with Crippen LogP contribution in [0.3, 0.4) is 0 Å². The van der Waals surface area contributed by atoms with Crippen LogP contribution >= 0.6 is 0 Å². The molecular weight excluding hydrogens is 248 g/mol. The van der Waals surface area contributed by atoms with Crippen molar-refractivity contribution in [1.82, 2.24) is 10.2 Å². The van der Waals surface area contributed by atoms with Gasteiger partial charge in [-0.2, -0.15) is 0 Å². The van der Waals surface area contributed by atoms with E-state index in [0.29, 0.717) is 6.04 Å². The number of aryl methyl sites for hydroxylation is 3. The Hall–Kier alpha value is -0.900. The van der Waals surface area contributed by atoms with Crippen molar-refractivity contribution in [2.45, 2.75) is 33.7 Å². The van der Waals surface area contributed by atoms with Gasteiger partial charge in [0.2, 0.25) is 0 Å². The predicted octanol–water partition coefficient (Wildman–Crippen LogP) is 2.84. The van der Waals surface area contributed by atoms with E-state index in [9.17, 15) is 0 Å². The number of likely N-dealkylation sites (N-methyl/N-ethyl adjacent to an activating group) is 2. The Morgan fingerprint density at radius 3 is 2.30 bits per heavy atom. The third-order valence-electron chi connectivity index (χ3n) is 3.75. The first-order valence-electron chi connectivity index (χ1n) is 7.50. The maximum Gasteiger partial charge on any atom is 0.0593 e. The molecule has 0 bridgehead atoms. The van der Waals surface area contributed by atoms with Crippen LogP contribution in [0.2, 0.25) is 0 Å². The van der Waals surface area contributed by atoms with Gasteiger partial charge in [-0.1, -0.05) is 17.7 Å². The Morgan fingerprint density at radius 2 is 1.80 bits per heavy atom. The molecule has 0 aliphatic rings. The second kappa shape index (κ2) is 8.40. The second-order valence-corrected chi connectivity index (χ2v) is 5.61. The molecule has 0 amide bonds. The average molecular weight is 278 g/mol. The largest absolute Gasteiger partial charge is 0.380 e. The smallest absolute Gasteiger partial charge is 0.0593 e. The van der Waals surface area contributed by atoms with E-state index in [1.54, 1.807) is 0 Å². The summed E-state index contributed by atoms with van der Waals surface area (Å²) >= 11 is 0. The summed E-state index contributed by atoms with van der Waals surface area (Å²) in [5.41, 5.74) is 5.52. The zero-order valence-corrected chi connectivity index (χ0v) is 13.9. The van der Waals surface area contributed by atoms with Gasteiger partial charge in [0.15, 0.2) is 0 Å². The highest BCUT2D eigenvalue weighted by molar-refractivity contribution is 5.39. The Labute approximate surface area is 124 Å². The van der Waals surface area contributed by atoms with Gasteiger partial charge in [0.25, 0.3) is 0 Å². The van der Waals surface area contributed by atoms with Crippen molar-refractivity contribution >= 4 is 0 Å². The lowest BCUT2D eigenvalue weighted by Gasteiger charge is -2.27. The summed E-state index contributed by atoms with van der Waals surface area (Å²) in [7, 11) is 4.20. The number of nitrogens with one attached hydrogen (secondary N) is 1. The third-order valence-corrected chi connectivity index (χ3v) is 3.75. The number of benzene rings is 1. The normalized spacial score (nSPS) is 12.9. The number of nitrogens with zero attached hydrogens (tertiary/aromatic N) is 1. The first-order valence-corrected chi connectivity index (χ1v) is 7.50. The average Bonchev–Trinajstić information content (AvgIpc) is 2.36. The van der Waals surface area contributed by atoms with Crippen LogP contribution in [0.15, 0.2) is 12.1 Å². The molecule has 0 spiro atoms. The van der Waals surface area contributed by atoms with Crippen LogP contribution in [0.25, 0.3) is 0 Å². The number of ether oxygens (including phenoxy) is 1. The molecule has 1 aromatic rings. The molecule has 3 heteroatoms. The fourth-order valence-electron chi connectivity index (χ4n) is 2.84. The molecule has 0 aromatic heterocycles. The van der Waals surface area contributed by atoms with E-state index in [4.69, 9.17) is 4.74 Å². The molecule has 3 nitrogen and oxygen atoms in total. The Kier molecular flexibility index (Phi) is 7.20. The quantitative estimate of drug-likeness (QED) is 0.740. The molecule has 0 saturated carbocycles. The molecule has 1 N–H and O–H groups in total. The van der Waals surface area contributed by atoms with Crippen molar-refractivity contribution in [3.8, 4) is 0 Å². The number of rotatable bonds is 8. The summed E-state index contributed by atoms with van der Waals surface area (Å²) in [5.74, 6) is 0. The Bertz CT molecular complexity index is 394. The van der Waals surface area contributed by atoms with Crippen molar-refractivity contribution in [2.75, 3.05) is 40.4 Å². The zero-order chi connectivity index (χ0) is 15.1. The van der Waals surface area contributed by atoms with E-state index in [1.807, 2.05) is 14.0 Å². The highest BCUT2D eigenvalue weighted by Gasteiger charge is 2.16. The maximum atomic E-state index is 5.43. The van der Waals surface area contributed by atoms with Crippen LogP contribution in [0.5, 0.6) is 0 Å². The van der Waals surface area contributed by atoms with Gasteiger partial charge < -0.3 is 15.0 Å². The van der Waals surface area contributed by atoms with Gasteiger partial charge in [-0.15, -0.1) is 0 Å². The molecule has 20 heavy (non-hydrogen) atoms. The number of hydrogen-bond acceptors (Lipinski definition) is 3. The van der Waals surface area contributed by atoms with Gasteiger partial charge in [0.05, 0.1) is 6.61 Å². The Morgan fingerprint density at radius 1 is 1.20 bits per heavy atom. The lowest BCUT2D eigenvalue weighted by molar-refractivity contribution is 0.119. The molecule has 1 rings (SSSR count). The lowest BCUT2D eigenvalue weighted by atomic mass is 9.94. The van der Waals surface area contributed by atoms with Gasteiger partial charge >= 0.3 is 0 Å². The molecule has 114 valence electrons. The van der Waals surface area contributed by atoms with Gasteiger partial charge in [-0.25, -0.2) is 0 Å². The molecule has 0 heterocycles. The summed E-state index contributed by atoms with van der Waals surface area (Å²) in [6.07, 6.45) is 0. The van der Waals surface area contributed by atoms with Gasteiger partial charge in [0.1, 0.15) is 0 Å². The minimum absolute atomic E-state index is 0.363. The molecule has 0 aliphatic carbocycles. The molecule has 1 atom stereocenters. The molecule has 0 saturated heterocycles. The lowest BCUT2D eigenvalue weighted by Crippen LogP contribution is -2.34. The summed E-state index contributed by atoms with van der Waals surface area (Å²) < 4.78 is 5.43. The van der Waals surface area contributed by atoms with Crippen molar-refractivity contribution < 1.29 is 4.74 Å². The van der Waals surface area contributed by atoms with Crippen LogP contribution in [0.4, 0.5) is 0 Å². The predicted molar refractivity (Wildman–Crippen MR) is 86.4 cm³/mol. The van der Waals surface area contributed by atoms with Crippen molar-refractivity contribution in [3.63, 3.8) is 0 Å². The highest BCUT2D eigenvalue weighted by atomic mass is 16.5. The summed E-state index contributed by atoms with van der Waals surface area (Å²) in [4.78, 5) is 2.33. The van der Waals surface area contributed by atoms with E-state index >= 15 is 0 Å². The van der Waals surface area contributed by atoms with Crippen LogP contribution in [0, 0.1) is 20.8 Å². The fraction of sp³-hybridized carbons (Fsp3) is 0.647. The van der Waals surface area contributed by atoms with Crippen molar-refractivity contribution in [2.24, 2.45) is 0 Å². The highest BCUT2D eigenvalue weighted by Crippen LogP contribution is 2.24. The van der Waals surface area contributed by atoms with Crippen LogP contribution in [-0.2, 0) is 4.74 Å². The Balaban J connectivity index is 2.76. The van der Waals surface area contributed by atoms with E-state index in [0.717, 1.165) is 26.3 Å². The second-order valence-electron chi connectivity index (χ2n) is 5.61. The van der Waals surface area contributed by atoms with E-state index in [-0.39, 0.29) is 0 Å². The van der Waals surface area contributed by atoms with Crippen LogP contribution < -0.4 is 5.32 Å². The van der Waals surface area contributed by atoms with E-state index < -0.39 is 0 Å². The first-order chi connectivity index (χ1) is 9.49. The van der Waals surface area contributed by atoms with Crippen molar-refractivity contribution in [3.05, 3.63) is 34.4 Å². The topological polar surface area (TPSA) is 24.5 Å². The van der Waals surface area contributed by atoms with Crippen LogP contribution in [0.1, 0.15) is 35.2 Å². The van der Waals surface area contributed by atoms with E-state index in [1.165, 1.54) is 22.3 Å². The minimum Gasteiger partial charge on any atom is -0.380 e. The van der Waals surface area contributed by atoms with Crippen molar-refractivity contribution in [1.29, 1.82) is 0 Å². The molecular formula is C17H30N2O. The first kappa shape index (κ1) is 17.2. The maximum absolute atomic E-state index is 5.43. The summed E-state index contributed by atoms with van der Waals surface area (Å²) in [5, 5.41) is 3.46. The fourth-order valence-corrected chi connectivity index (χ4v) is 2.84. The van der Waals surface area contributed by atoms with E-state index in [2.05, 4.69) is 50.2 Å². The zero-order valence-electron chi connectivity index (χ0n) is 13.9. The van der Waals surface area contributed by atoms with Gasteiger partial charge in [0, 0.05) is 25.7 Å². The van der Waals surface area contributed by atoms with Gasteiger partial charge in [-0.3, -0.25) is 0 Å². The molecule has 0 radical (unpaired) electrons. The summed E-state index contributed by atoms with van der Waals surface area (Å²) in [6, 6.07) is 4.90. The number of hydrogen-bond donors (Lipinski definition) is 1. The molecule has 1 aromatic carbocycles. The van der Waals surface area contributed by atoms with Crippen LogP contribution in [-0.4, -0.2) is 45.3 Å². The summed E-state index contributed by atoms with van der Waals surface area (Å²) in [6.45, 7) is 12.2. The molecule has 0 aliphatic heterocycles. The molecule has 1 unspecified atom stereocenters. The minimum atomic E-state index is 0.363.